The lowest BCUT2D eigenvalue weighted by molar-refractivity contribution is -0.137. The quantitative estimate of drug-likeness (QED) is 0.924. The van der Waals surface area contributed by atoms with Gasteiger partial charge in [0.05, 0.1) is 18.2 Å². The van der Waals surface area contributed by atoms with Crippen LogP contribution in [0.15, 0.2) is 24.3 Å². The van der Waals surface area contributed by atoms with Crippen molar-refractivity contribution in [1.82, 2.24) is 14.8 Å². The third-order valence-corrected chi connectivity index (χ3v) is 3.64. The van der Waals surface area contributed by atoms with E-state index in [9.17, 15) is 18.3 Å². The molecule has 1 unspecified atom stereocenters. The smallest absolute Gasteiger partial charge is 0.391 e. The minimum Gasteiger partial charge on any atom is -0.391 e. The number of benzene rings is 1. The Morgan fingerprint density at radius 1 is 1.19 bits per heavy atom. The molecule has 0 fully saturated rings. The molecule has 1 aliphatic heterocycles. The molecule has 0 spiro atoms. The summed E-state index contributed by atoms with van der Waals surface area (Å²) in [7, 11) is 0. The van der Waals surface area contributed by atoms with Crippen LogP contribution in [0.3, 0.4) is 0 Å². The van der Waals surface area contributed by atoms with E-state index in [0.717, 1.165) is 23.5 Å². The topological polar surface area (TPSA) is 50.9 Å². The number of alkyl halides is 3. The first-order chi connectivity index (χ1) is 9.93. The molecule has 21 heavy (non-hydrogen) atoms. The van der Waals surface area contributed by atoms with Gasteiger partial charge in [0.15, 0.2) is 0 Å². The van der Waals surface area contributed by atoms with Crippen LogP contribution >= 0.6 is 0 Å². The summed E-state index contributed by atoms with van der Waals surface area (Å²) >= 11 is 0. The summed E-state index contributed by atoms with van der Waals surface area (Å²) in [6, 6.07) is 5.03. The lowest BCUT2D eigenvalue weighted by Crippen LogP contribution is -2.25. The van der Waals surface area contributed by atoms with Crippen molar-refractivity contribution in [2.45, 2.75) is 38.1 Å². The van der Waals surface area contributed by atoms with Crippen molar-refractivity contribution in [3.05, 3.63) is 47.0 Å². The summed E-state index contributed by atoms with van der Waals surface area (Å²) in [5.41, 5.74) is 0.0724. The second-order valence-corrected chi connectivity index (χ2v) is 5.21. The van der Waals surface area contributed by atoms with Gasteiger partial charge in [-0.3, -0.25) is 0 Å². The Bertz CT molecular complexity index is 634. The molecule has 0 amide bonds. The Morgan fingerprint density at radius 3 is 2.57 bits per heavy atom. The van der Waals surface area contributed by atoms with E-state index in [0.29, 0.717) is 31.6 Å². The Kier molecular flexibility index (Phi) is 3.44. The van der Waals surface area contributed by atoms with Crippen LogP contribution in [0.5, 0.6) is 0 Å². The third-order valence-electron chi connectivity index (χ3n) is 3.64. The number of aliphatic hydroxyl groups excluding tert-OH is 1. The van der Waals surface area contributed by atoms with Gasteiger partial charge in [-0.2, -0.15) is 13.2 Å². The van der Waals surface area contributed by atoms with Gasteiger partial charge in [-0.1, -0.05) is 12.1 Å². The van der Waals surface area contributed by atoms with Gasteiger partial charge in [-0.15, -0.1) is 10.2 Å². The minimum atomic E-state index is -4.32. The maximum atomic E-state index is 12.5. The van der Waals surface area contributed by atoms with Crippen LogP contribution in [0.1, 0.15) is 29.2 Å². The Balaban J connectivity index is 1.80. The van der Waals surface area contributed by atoms with E-state index in [1.165, 1.54) is 12.1 Å². The van der Waals surface area contributed by atoms with E-state index in [4.69, 9.17) is 0 Å². The predicted molar refractivity (Wildman–Crippen MR) is 68.6 cm³/mol. The van der Waals surface area contributed by atoms with Gasteiger partial charge in [0.1, 0.15) is 11.6 Å². The molecule has 2 heterocycles. The fourth-order valence-corrected chi connectivity index (χ4v) is 2.49. The molecule has 1 aromatic carbocycles. The monoisotopic (exact) mass is 297 g/mol. The number of aliphatic hydroxyl groups is 1. The van der Waals surface area contributed by atoms with Gasteiger partial charge in [0.25, 0.3) is 0 Å². The highest BCUT2D eigenvalue weighted by molar-refractivity contribution is 5.26. The fraction of sp³-hybridized carbons (Fsp3) is 0.429. The van der Waals surface area contributed by atoms with Crippen LogP contribution in [0, 0.1) is 0 Å². The standard InChI is InChI=1S/C14H14F3N3O/c15-14(16,17)10-3-1-9(2-4-10)7-13-19-18-12-6-5-11(21)8-20(12)13/h1-4,11,21H,5-8H2. The molecule has 0 bridgehead atoms. The number of aromatic nitrogens is 3. The number of fused-ring (bicyclic) bond motifs is 1. The highest BCUT2D eigenvalue weighted by atomic mass is 19.4. The van der Waals surface area contributed by atoms with E-state index in [-0.39, 0.29) is 0 Å². The first-order valence-electron chi connectivity index (χ1n) is 6.68. The molecule has 112 valence electrons. The lowest BCUT2D eigenvalue weighted by Gasteiger charge is -2.20. The van der Waals surface area contributed by atoms with Crippen LogP contribution in [0.2, 0.25) is 0 Å². The van der Waals surface area contributed by atoms with E-state index < -0.39 is 17.8 Å². The highest BCUT2D eigenvalue weighted by Gasteiger charge is 2.30. The van der Waals surface area contributed by atoms with Crippen LogP contribution < -0.4 is 0 Å². The molecular weight excluding hydrogens is 283 g/mol. The summed E-state index contributed by atoms with van der Waals surface area (Å²) in [6.07, 6.45) is -3.01. The van der Waals surface area contributed by atoms with Crippen LogP contribution in [-0.2, 0) is 25.6 Å². The van der Waals surface area contributed by atoms with Crippen LogP contribution in [0.25, 0.3) is 0 Å². The Morgan fingerprint density at radius 2 is 1.90 bits per heavy atom. The predicted octanol–water partition coefficient (Wildman–Crippen LogP) is 2.19. The van der Waals surface area contributed by atoms with Crippen molar-refractivity contribution in [3.8, 4) is 0 Å². The molecule has 1 aromatic heterocycles. The molecule has 3 rings (SSSR count). The van der Waals surface area contributed by atoms with Gasteiger partial charge in [0.2, 0.25) is 0 Å². The maximum absolute atomic E-state index is 12.5. The second kappa shape index (κ2) is 5.14. The molecule has 1 aliphatic rings. The summed E-state index contributed by atoms with van der Waals surface area (Å²) in [5, 5.41) is 17.8. The lowest BCUT2D eigenvalue weighted by atomic mass is 10.1. The van der Waals surface area contributed by atoms with E-state index >= 15 is 0 Å². The number of nitrogens with zero attached hydrogens (tertiary/aromatic N) is 3. The van der Waals surface area contributed by atoms with Gasteiger partial charge >= 0.3 is 6.18 Å². The zero-order valence-electron chi connectivity index (χ0n) is 11.1. The molecule has 0 aliphatic carbocycles. The minimum absolute atomic E-state index is 0.401. The zero-order valence-corrected chi connectivity index (χ0v) is 11.1. The summed E-state index contributed by atoms with van der Waals surface area (Å²) in [6.45, 7) is 0.443. The summed E-state index contributed by atoms with van der Waals surface area (Å²) < 4.78 is 39.4. The molecular formula is C14H14F3N3O. The normalized spacial score (nSPS) is 18.6. The second-order valence-electron chi connectivity index (χ2n) is 5.21. The van der Waals surface area contributed by atoms with Gasteiger partial charge in [-0.05, 0) is 24.1 Å². The maximum Gasteiger partial charge on any atom is 0.416 e. The number of hydrogen-bond donors (Lipinski definition) is 1. The zero-order chi connectivity index (χ0) is 15.0. The Labute approximate surface area is 119 Å². The van der Waals surface area contributed by atoms with Gasteiger partial charge in [0, 0.05) is 12.8 Å². The van der Waals surface area contributed by atoms with Crippen molar-refractivity contribution in [2.75, 3.05) is 0 Å². The van der Waals surface area contributed by atoms with E-state index in [1.807, 2.05) is 4.57 Å². The molecule has 1 atom stereocenters. The van der Waals surface area contributed by atoms with Crippen molar-refractivity contribution in [2.24, 2.45) is 0 Å². The Hall–Kier alpha value is -1.89. The molecule has 4 nitrogen and oxygen atoms in total. The number of hydrogen-bond acceptors (Lipinski definition) is 3. The summed E-state index contributed by atoms with van der Waals surface area (Å²) in [4.78, 5) is 0. The fourth-order valence-electron chi connectivity index (χ4n) is 2.49. The largest absolute Gasteiger partial charge is 0.416 e. The van der Waals surface area contributed by atoms with Crippen molar-refractivity contribution >= 4 is 0 Å². The molecule has 0 radical (unpaired) electrons. The SMILES string of the molecule is OC1CCc2nnc(Cc3ccc(C(F)(F)F)cc3)n2C1. The average Bonchev–Trinajstić information content (AvgIpc) is 2.81. The van der Waals surface area contributed by atoms with Crippen molar-refractivity contribution in [1.29, 1.82) is 0 Å². The number of halogens is 3. The van der Waals surface area contributed by atoms with E-state index in [2.05, 4.69) is 10.2 Å². The summed E-state index contributed by atoms with van der Waals surface area (Å²) in [5.74, 6) is 1.49. The number of aryl methyl sites for hydroxylation is 1. The number of rotatable bonds is 2. The molecule has 1 N–H and O–H groups in total. The average molecular weight is 297 g/mol. The molecule has 0 saturated carbocycles. The molecule has 0 saturated heterocycles. The van der Waals surface area contributed by atoms with Crippen LogP contribution in [0.4, 0.5) is 13.2 Å². The van der Waals surface area contributed by atoms with Crippen LogP contribution in [-0.4, -0.2) is 26.0 Å². The van der Waals surface area contributed by atoms with Gasteiger partial charge < -0.3 is 9.67 Å². The van der Waals surface area contributed by atoms with Crippen molar-refractivity contribution in [3.63, 3.8) is 0 Å². The van der Waals surface area contributed by atoms with Gasteiger partial charge in [-0.25, -0.2) is 0 Å². The third kappa shape index (κ3) is 2.92. The molecule has 7 heteroatoms. The van der Waals surface area contributed by atoms with E-state index in [1.54, 1.807) is 0 Å². The molecule has 2 aromatic rings. The van der Waals surface area contributed by atoms with Crippen molar-refractivity contribution < 1.29 is 18.3 Å². The first kappa shape index (κ1) is 14.1. The highest BCUT2D eigenvalue weighted by Crippen LogP contribution is 2.29. The first-order valence-corrected chi connectivity index (χ1v) is 6.68.